The van der Waals surface area contributed by atoms with E-state index in [0.29, 0.717) is 19.3 Å². The van der Waals surface area contributed by atoms with Gasteiger partial charge in [-0.05, 0) is 77.0 Å². The van der Waals surface area contributed by atoms with E-state index in [1.807, 2.05) is 0 Å². The molecule has 1 unspecified atom stereocenters. The fourth-order valence-corrected chi connectivity index (χ4v) is 6.33. The van der Waals surface area contributed by atoms with Crippen molar-refractivity contribution in [3.63, 3.8) is 0 Å². The summed E-state index contributed by atoms with van der Waals surface area (Å²) >= 11 is 0. The van der Waals surface area contributed by atoms with Crippen LogP contribution in [0.2, 0.25) is 0 Å². The number of carbonyl (C=O) groups excluding carboxylic acids is 3. The molecule has 0 radical (unpaired) electrons. The van der Waals surface area contributed by atoms with Gasteiger partial charge in [0.15, 0.2) is 6.10 Å². The molecule has 0 aromatic carbocycles. The van der Waals surface area contributed by atoms with Gasteiger partial charge in [0, 0.05) is 19.3 Å². The third-order valence-electron chi connectivity index (χ3n) is 9.82. The topological polar surface area (TPSA) is 78.9 Å². The predicted octanol–water partition coefficient (Wildman–Crippen LogP) is 14.8. The molecule has 6 nitrogen and oxygen atoms in total. The van der Waals surface area contributed by atoms with Crippen LogP contribution in [0, 0.1) is 0 Å². The summed E-state index contributed by atoms with van der Waals surface area (Å²) in [6.45, 7) is 6.45. The minimum atomic E-state index is -0.793. The molecule has 0 aromatic rings. The molecule has 0 heterocycles. The summed E-state index contributed by atoms with van der Waals surface area (Å²) in [5.74, 6) is -0.949. The number of hydrogen-bond donors (Lipinski definition) is 0. The van der Waals surface area contributed by atoms with Crippen LogP contribution in [0.25, 0.3) is 0 Å². The first-order valence-electron chi connectivity index (χ1n) is 23.1. The van der Waals surface area contributed by atoms with Crippen molar-refractivity contribution in [3.05, 3.63) is 48.6 Å². The molecule has 55 heavy (non-hydrogen) atoms. The normalized spacial score (nSPS) is 12.4. The van der Waals surface area contributed by atoms with Gasteiger partial charge in [-0.2, -0.15) is 0 Å². The molecule has 318 valence electrons. The first kappa shape index (κ1) is 52.4. The number of hydrogen-bond acceptors (Lipinski definition) is 6. The Morgan fingerprint density at radius 3 is 1.18 bits per heavy atom. The van der Waals surface area contributed by atoms with Gasteiger partial charge in [-0.25, -0.2) is 0 Å². The Kier molecular flexibility index (Phi) is 42.0. The van der Waals surface area contributed by atoms with Crippen LogP contribution in [0.1, 0.15) is 226 Å². The van der Waals surface area contributed by atoms with Gasteiger partial charge < -0.3 is 14.2 Å². The van der Waals surface area contributed by atoms with E-state index in [1.165, 1.54) is 96.3 Å². The largest absolute Gasteiger partial charge is 0.462 e. The lowest BCUT2D eigenvalue weighted by molar-refractivity contribution is -0.167. The maximum atomic E-state index is 12.7. The third kappa shape index (κ3) is 42.4. The molecule has 0 fully saturated rings. The molecular formula is C49H86O6. The van der Waals surface area contributed by atoms with Crippen LogP contribution in [0.5, 0.6) is 0 Å². The van der Waals surface area contributed by atoms with Gasteiger partial charge in [0.05, 0.1) is 0 Å². The Morgan fingerprint density at radius 2 is 0.709 bits per heavy atom. The van der Waals surface area contributed by atoms with Gasteiger partial charge in [-0.3, -0.25) is 14.4 Å². The molecule has 0 spiro atoms. The van der Waals surface area contributed by atoms with E-state index < -0.39 is 6.10 Å². The summed E-state index contributed by atoms with van der Waals surface area (Å²) < 4.78 is 16.7. The average Bonchev–Trinajstić information content (AvgIpc) is 3.18. The summed E-state index contributed by atoms with van der Waals surface area (Å²) in [5, 5.41) is 0. The van der Waals surface area contributed by atoms with Gasteiger partial charge in [-0.15, -0.1) is 0 Å². The predicted molar refractivity (Wildman–Crippen MR) is 233 cm³/mol. The lowest BCUT2D eigenvalue weighted by Gasteiger charge is -2.18. The Labute approximate surface area is 339 Å². The highest BCUT2D eigenvalue weighted by atomic mass is 16.6. The van der Waals surface area contributed by atoms with E-state index >= 15 is 0 Å². The molecule has 0 saturated heterocycles. The van der Waals surface area contributed by atoms with E-state index in [0.717, 1.165) is 83.5 Å². The minimum Gasteiger partial charge on any atom is -0.462 e. The van der Waals surface area contributed by atoms with Gasteiger partial charge in [0.2, 0.25) is 0 Å². The van der Waals surface area contributed by atoms with Crippen LogP contribution in [-0.4, -0.2) is 37.2 Å². The number of allylic oxidation sites excluding steroid dienone is 8. The lowest BCUT2D eigenvalue weighted by atomic mass is 10.1. The quantitative estimate of drug-likeness (QED) is 0.0267. The highest BCUT2D eigenvalue weighted by Crippen LogP contribution is 2.14. The van der Waals surface area contributed by atoms with Crippen molar-refractivity contribution in [1.82, 2.24) is 0 Å². The van der Waals surface area contributed by atoms with Crippen molar-refractivity contribution in [2.45, 2.75) is 232 Å². The number of rotatable bonds is 41. The highest BCUT2D eigenvalue weighted by molar-refractivity contribution is 5.71. The lowest BCUT2D eigenvalue weighted by Crippen LogP contribution is -2.30. The molecular weight excluding hydrogens is 685 g/mol. The first-order valence-corrected chi connectivity index (χ1v) is 23.1. The summed E-state index contributed by atoms with van der Waals surface area (Å²) in [6, 6.07) is 0. The zero-order chi connectivity index (χ0) is 40.1. The van der Waals surface area contributed by atoms with Crippen molar-refractivity contribution in [1.29, 1.82) is 0 Å². The van der Waals surface area contributed by atoms with E-state index in [9.17, 15) is 14.4 Å². The van der Waals surface area contributed by atoms with Crippen molar-refractivity contribution in [2.75, 3.05) is 13.2 Å². The van der Waals surface area contributed by atoms with Gasteiger partial charge >= 0.3 is 17.9 Å². The van der Waals surface area contributed by atoms with Crippen LogP contribution < -0.4 is 0 Å². The standard InChI is InChI=1S/C49H86O6/c1-4-7-10-13-16-19-22-24-25-28-30-33-36-39-42-48(51)54-45-46(44-53-47(50)41-38-35-32-29-26-21-18-15-12-9-6-3)55-49(52)43-40-37-34-31-27-23-20-17-14-11-8-5-2/h8,11,17,20,25,27-28,31,46H,4-7,9-10,12-16,18-19,21-24,26,29-30,32-45H2,1-3H3/b11-8-,20-17-,28-25-,31-27-. The Bertz CT molecular complexity index is 980. The fraction of sp³-hybridized carbons (Fsp3) is 0.776. The van der Waals surface area contributed by atoms with Crippen molar-refractivity contribution in [3.8, 4) is 0 Å². The summed E-state index contributed by atoms with van der Waals surface area (Å²) in [5.41, 5.74) is 0. The Morgan fingerprint density at radius 1 is 0.382 bits per heavy atom. The second-order valence-electron chi connectivity index (χ2n) is 15.3. The van der Waals surface area contributed by atoms with Crippen LogP contribution >= 0.6 is 0 Å². The van der Waals surface area contributed by atoms with Crippen LogP contribution in [-0.2, 0) is 28.6 Å². The van der Waals surface area contributed by atoms with E-state index in [4.69, 9.17) is 14.2 Å². The third-order valence-corrected chi connectivity index (χ3v) is 9.82. The second-order valence-corrected chi connectivity index (χ2v) is 15.3. The highest BCUT2D eigenvalue weighted by Gasteiger charge is 2.19. The molecule has 1 atom stereocenters. The average molecular weight is 771 g/mol. The van der Waals surface area contributed by atoms with Crippen molar-refractivity contribution < 1.29 is 28.6 Å². The van der Waals surface area contributed by atoms with Gasteiger partial charge in [0.25, 0.3) is 0 Å². The molecule has 0 aliphatic carbocycles. The molecule has 0 aromatic heterocycles. The molecule has 0 rings (SSSR count). The smallest absolute Gasteiger partial charge is 0.306 e. The summed E-state index contributed by atoms with van der Waals surface area (Å²) in [7, 11) is 0. The monoisotopic (exact) mass is 771 g/mol. The molecule has 0 aliphatic rings. The number of unbranched alkanes of at least 4 members (excludes halogenated alkanes) is 22. The molecule has 0 N–H and O–H groups in total. The fourth-order valence-electron chi connectivity index (χ4n) is 6.33. The van der Waals surface area contributed by atoms with E-state index in [1.54, 1.807) is 0 Å². The van der Waals surface area contributed by atoms with Gasteiger partial charge in [0.1, 0.15) is 13.2 Å². The SMILES string of the molecule is CC/C=C\C/C=C\C/C=C\CCCCC(=O)OC(COC(=O)CCCCC/C=C\CCCCCCCCC)COC(=O)CCCCCCCCCCCCC. The molecule has 0 aliphatic heterocycles. The number of esters is 3. The van der Waals surface area contributed by atoms with E-state index in [-0.39, 0.29) is 37.5 Å². The van der Waals surface area contributed by atoms with Crippen LogP contribution in [0.4, 0.5) is 0 Å². The zero-order valence-corrected chi connectivity index (χ0v) is 36.2. The maximum Gasteiger partial charge on any atom is 0.306 e. The first-order chi connectivity index (χ1) is 27.0. The Balaban J connectivity index is 4.44. The maximum absolute atomic E-state index is 12.7. The van der Waals surface area contributed by atoms with E-state index in [2.05, 4.69) is 69.4 Å². The molecule has 6 heteroatoms. The van der Waals surface area contributed by atoms with Crippen molar-refractivity contribution >= 4 is 17.9 Å². The van der Waals surface area contributed by atoms with Crippen LogP contribution in [0.3, 0.4) is 0 Å². The molecule has 0 saturated carbocycles. The second kappa shape index (κ2) is 44.1. The minimum absolute atomic E-state index is 0.0917. The summed E-state index contributed by atoms with van der Waals surface area (Å²) in [4.78, 5) is 37.7. The van der Waals surface area contributed by atoms with Crippen LogP contribution in [0.15, 0.2) is 48.6 Å². The molecule has 0 bridgehead atoms. The zero-order valence-electron chi connectivity index (χ0n) is 36.2. The van der Waals surface area contributed by atoms with Gasteiger partial charge in [-0.1, -0.05) is 179 Å². The number of ether oxygens (including phenoxy) is 3. The molecule has 0 amide bonds. The summed E-state index contributed by atoms with van der Waals surface area (Å²) in [6.07, 6.45) is 51.0. The Hall–Kier alpha value is -2.63. The van der Waals surface area contributed by atoms with Crippen molar-refractivity contribution in [2.24, 2.45) is 0 Å². The number of carbonyl (C=O) groups is 3.